The number of rotatable bonds is 5. The molecule has 78 valence electrons. The summed E-state index contributed by atoms with van der Waals surface area (Å²) < 4.78 is 1.07. The van der Waals surface area contributed by atoms with Gasteiger partial charge in [-0.15, -0.1) is 11.3 Å². The molecule has 1 atom stereocenters. The first-order chi connectivity index (χ1) is 6.59. The number of aliphatic carboxylic acids is 1. The zero-order chi connectivity index (χ0) is 10.6. The van der Waals surface area contributed by atoms with Crippen molar-refractivity contribution in [3.05, 3.63) is 20.8 Å². The Bertz CT molecular complexity index is 314. The highest BCUT2D eigenvalue weighted by Gasteiger charge is 2.07. The fourth-order valence-electron chi connectivity index (χ4n) is 1.05. The first-order valence-electron chi connectivity index (χ1n) is 4.28. The largest absolute Gasteiger partial charge is 0.481 e. The summed E-state index contributed by atoms with van der Waals surface area (Å²) in [6, 6.07) is 2.26. The minimum absolute atomic E-state index is 0.164. The number of carboxylic acid groups (broad SMARTS) is 1. The summed E-state index contributed by atoms with van der Waals surface area (Å²) in [4.78, 5) is 11.5. The van der Waals surface area contributed by atoms with Gasteiger partial charge in [0.15, 0.2) is 0 Å². The molecule has 0 aliphatic heterocycles. The fraction of sp³-hybridized carbons (Fsp3) is 0.444. The third-order valence-corrected chi connectivity index (χ3v) is 3.68. The molecule has 5 heteroatoms. The van der Waals surface area contributed by atoms with Crippen molar-refractivity contribution < 1.29 is 9.90 Å². The van der Waals surface area contributed by atoms with Gasteiger partial charge in [0.2, 0.25) is 0 Å². The Kier molecular flexibility index (Phi) is 4.57. The van der Waals surface area contributed by atoms with Gasteiger partial charge in [-0.3, -0.25) is 4.79 Å². The van der Waals surface area contributed by atoms with Gasteiger partial charge in [0, 0.05) is 27.3 Å². The summed E-state index contributed by atoms with van der Waals surface area (Å²) in [6.07, 6.45) is 0.164. The van der Waals surface area contributed by atoms with Crippen molar-refractivity contribution >= 4 is 33.2 Å². The second-order valence-corrected chi connectivity index (χ2v) is 4.85. The van der Waals surface area contributed by atoms with E-state index in [1.807, 2.05) is 18.4 Å². The summed E-state index contributed by atoms with van der Waals surface area (Å²) in [5.74, 6) is -0.767. The second-order valence-electron chi connectivity index (χ2n) is 2.99. The molecule has 0 aromatic carbocycles. The van der Waals surface area contributed by atoms with Crippen molar-refractivity contribution in [3.8, 4) is 0 Å². The average Bonchev–Trinajstić information content (AvgIpc) is 2.51. The smallest absolute Gasteiger partial charge is 0.304 e. The predicted octanol–water partition coefficient (Wildman–Crippen LogP) is 2.64. The third-order valence-electron chi connectivity index (χ3n) is 1.80. The lowest BCUT2D eigenvalue weighted by Gasteiger charge is -2.10. The molecular weight excluding hydrogens is 266 g/mol. The molecule has 0 fully saturated rings. The monoisotopic (exact) mass is 277 g/mol. The van der Waals surface area contributed by atoms with Crippen LogP contribution in [0.4, 0.5) is 0 Å². The zero-order valence-corrected chi connectivity index (χ0v) is 10.2. The number of hydrogen-bond donors (Lipinski definition) is 2. The van der Waals surface area contributed by atoms with E-state index >= 15 is 0 Å². The van der Waals surface area contributed by atoms with Crippen molar-refractivity contribution in [1.82, 2.24) is 5.32 Å². The minimum atomic E-state index is -0.767. The molecule has 1 aromatic rings. The maximum absolute atomic E-state index is 10.3. The van der Waals surface area contributed by atoms with Crippen molar-refractivity contribution in [2.75, 3.05) is 6.54 Å². The highest BCUT2D eigenvalue weighted by molar-refractivity contribution is 9.10. The standard InChI is InChI=1S/C9H12BrNO2S/c1-6(11-3-2-9(12)13)8-4-7(10)5-14-8/h4-6,11H,2-3H2,1H3,(H,12,13). The maximum atomic E-state index is 10.3. The quantitative estimate of drug-likeness (QED) is 0.870. The summed E-state index contributed by atoms with van der Waals surface area (Å²) in [5.41, 5.74) is 0. The molecular formula is C9H12BrNO2S. The number of hydrogen-bond acceptors (Lipinski definition) is 3. The molecule has 2 N–H and O–H groups in total. The molecule has 0 bridgehead atoms. The van der Waals surface area contributed by atoms with E-state index in [4.69, 9.17) is 5.11 Å². The summed E-state index contributed by atoms with van der Waals surface area (Å²) >= 11 is 5.04. The van der Waals surface area contributed by atoms with E-state index in [1.54, 1.807) is 11.3 Å². The maximum Gasteiger partial charge on any atom is 0.304 e. The fourth-order valence-corrected chi connectivity index (χ4v) is 2.53. The topological polar surface area (TPSA) is 49.3 Å². The number of carbonyl (C=O) groups is 1. The first kappa shape index (κ1) is 11.7. The van der Waals surface area contributed by atoms with Gasteiger partial charge >= 0.3 is 5.97 Å². The Morgan fingerprint density at radius 2 is 2.50 bits per heavy atom. The SMILES string of the molecule is CC(NCCC(=O)O)c1cc(Br)cs1. The van der Waals surface area contributed by atoms with Crippen molar-refractivity contribution in [2.45, 2.75) is 19.4 Å². The Morgan fingerprint density at radius 1 is 1.79 bits per heavy atom. The van der Waals surface area contributed by atoms with Crippen LogP contribution in [0, 0.1) is 0 Å². The van der Waals surface area contributed by atoms with Crippen LogP contribution in [0.2, 0.25) is 0 Å². The molecule has 0 saturated carbocycles. The van der Waals surface area contributed by atoms with E-state index in [9.17, 15) is 4.79 Å². The van der Waals surface area contributed by atoms with Gasteiger partial charge in [-0.05, 0) is 28.9 Å². The molecule has 1 rings (SSSR count). The predicted molar refractivity (Wildman–Crippen MR) is 60.7 cm³/mol. The van der Waals surface area contributed by atoms with Gasteiger partial charge in [0.25, 0.3) is 0 Å². The third kappa shape index (κ3) is 3.77. The van der Waals surface area contributed by atoms with Crippen LogP contribution in [0.1, 0.15) is 24.3 Å². The lowest BCUT2D eigenvalue weighted by atomic mass is 10.2. The molecule has 0 spiro atoms. The van der Waals surface area contributed by atoms with Crippen molar-refractivity contribution in [1.29, 1.82) is 0 Å². The van der Waals surface area contributed by atoms with Gasteiger partial charge in [0.1, 0.15) is 0 Å². The normalized spacial score (nSPS) is 12.7. The van der Waals surface area contributed by atoms with E-state index in [0.717, 1.165) is 4.47 Å². The number of nitrogens with one attached hydrogen (secondary N) is 1. The number of thiophene rings is 1. The minimum Gasteiger partial charge on any atom is -0.481 e. The van der Waals surface area contributed by atoms with Crippen molar-refractivity contribution in [3.63, 3.8) is 0 Å². The van der Waals surface area contributed by atoms with Gasteiger partial charge < -0.3 is 10.4 Å². The lowest BCUT2D eigenvalue weighted by molar-refractivity contribution is -0.136. The Morgan fingerprint density at radius 3 is 3.00 bits per heavy atom. The molecule has 0 amide bonds. The summed E-state index contributed by atoms with van der Waals surface area (Å²) in [6.45, 7) is 2.53. The molecule has 1 unspecified atom stereocenters. The van der Waals surface area contributed by atoms with E-state index in [0.29, 0.717) is 6.54 Å². The second kappa shape index (κ2) is 5.48. The lowest BCUT2D eigenvalue weighted by Crippen LogP contribution is -2.21. The first-order valence-corrected chi connectivity index (χ1v) is 5.96. The van der Waals surface area contributed by atoms with Crippen LogP contribution in [0.5, 0.6) is 0 Å². The van der Waals surface area contributed by atoms with Gasteiger partial charge in [-0.25, -0.2) is 0 Å². The molecule has 0 aliphatic rings. The van der Waals surface area contributed by atoms with Crippen LogP contribution in [0.3, 0.4) is 0 Å². The molecule has 3 nitrogen and oxygen atoms in total. The Hall–Kier alpha value is -0.390. The van der Waals surface area contributed by atoms with Gasteiger partial charge in [0.05, 0.1) is 6.42 Å². The van der Waals surface area contributed by atoms with Gasteiger partial charge in [-0.1, -0.05) is 0 Å². The van der Waals surface area contributed by atoms with Crippen LogP contribution in [0.25, 0.3) is 0 Å². The van der Waals surface area contributed by atoms with E-state index < -0.39 is 5.97 Å². The van der Waals surface area contributed by atoms with Crippen LogP contribution in [-0.2, 0) is 4.79 Å². The molecule has 1 aromatic heterocycles. The zero-order valence-electron chi connectivity index (χ0n) is 7.79. The molecule has 1 heterocycles. The van der Waals surface area contributed by atoms with Crippen LogP contribution < -0.4 is 5.32 Å². The van der Waals surface area contributed by atoms with E-state index in [1.165, 1.54) is 4.88 Å². The summed E-state index contributed by atoms with van der Waals surface area (Å²) in [5, 5.41) is 13.6. The average molecular weight is 278 g/mol. The highest BCUT2D eigenvalue weighted by Crippen LogP contribution is 2.25. The van der Waals surface area contributed by atoms with Crippen LogP contribution >= 0.6 is 27.3 Å². The number of halogens is 1. The van der Waals surface area contributed by atoms with E-state index in [2.05, 4.69) is 21.2 Å². The molecule has 0 saturated heterocycles. The molecule has 0 radical (unpaired) electrons. The number of carboxylic acids is 1. The summed E-state index contributed by atoms with van der Waals surface area (Å²) in [7, 11) is 0. The highest BCUT2D eigenvalue weighted by atomic mass is 79.9. The van der Waals surface area contributed by atoms with Crippen molar-refractivity contribution in [2.24, 2.45) is 0 Å². The van der Waals surface area contributed by atoms with E-state index in [-0.39, 0.29) is 12.5 Å². The van der Waals surface area contributed by atoms with Crippen LogP contribution in [-0.4, -0.2) is 17.6 Å². The van der Waals surface area contributed by atoms with Gasteiger partial charge in [-0.2, -0.15) is 0 Å². The Balaban J connectivity index is 2.35. The Labute approximate surface area is 95.3 Å². The molecule has 14 heavy (non-hydrogen) atoms. The molecule has 0 aliphatic carbocycles. The van der Waals surface area contributed by atoms with Crippen LogP contribution in [0.15, 0.2) is 15.9 Å².